The van der Waals surface area contributed by atoms with E-state index in [1.807, 2.05) is 66.7 Å². The molecular weight excluding hydrogens is 452 g/mol. The van der Waals surface area contributed by atoms with Crippen molar-refractivity contribution in [2.24, 2.45) is 0 Å². The molecule has 4 rings (SSSR count). The van der Waals surface area contributed by atoms with Crippen LogP contribution in [0.3, 0.4) is 0 Å². The van der Waals surface area contributed by atoms with Crippen molar-refractivity contribution in [1.29, 1.82) is 0 Å². The van der Waals surface area contributed by atoms with Gasteiger partial charge in [-0.2, -0.15) is 0 Å². The number of non-ortho nitro benzene ring substituents is 1. The minimum Gasteiger partial charge on any atom is -0.494 e. The molecule has 1 N–H and O–H groups in total. The van der Waals surface area contributed by atoms with Crippen LogP contribution in [-0.2, 0) is 4.79 Å². The van der Waals surface area contributed by atoms with E-state index < -0.39 is 4.92 Å². The molecule has 0 radical (unpaired) electrons. The number of methoxy groups -OCH3 is 1. The molecule has 1 aromatic heterocycles. The number of benzene rings is 3. The van der Waals surface area contributed by atoms with E-state index in [9.17, 15) is 14.9 Å². The van der Waals surface area contributed by atoms with Crippen LogP contribution < -0.4 is 10.1 Å². The highest BCUT2D eigenvalue weighted by atomic mass is 32.2. The number of anilines is 1. The zero-order valence-electron chi connectivity index (χ0n) is 18.2. The van der Waals surface area contributed by atoms with Gasteiger partial charge >= 0.3 is 0 Å². The van der Waals surface area contributed by atoms with Gasteiger partial charge in [0.05, 0.1) is 40.9 Å². The van der Waals surface area contributed by atoms with Gasteiger partial charge in [-0.3, -0.25) is 14.9 Å². The fourth-order valence-electron chi connectivity index (χ4n) is 3.22. The second-order valence-electron chi connectivity index (χ2n) is 7.13. The van der Waals surface area contributed by atoms with E-state index in [1.165, 1.54) is 37.1 Å². The first-order chi connectivity index (χ1) is 16.5. The highest BCUT2D eigenvalue weighted by molar-refractivity contribution is 7.99. The highest BCUT2D eigenvalue weighted by Gasteiger charge is 2.15. The summed E-state index contributed by atoms with van der Waals surface area (Å²) in [5.41, 5.74) is 3.64. The van der Waals surface area contributed by atoms with Crippen molar-refractivity contribution < 1.29 is 14.5 Å². The van der Waals surface area contributed by atoms with E-state index in [2.05, 4.69) is 15.3 Å². The number of nitrogens with one attached hydrogen (secondary N) is 1. The summed E-state index contributed by atoms with van der Waals surface area (Å²) in [4.78, 5) is 32.3. The van der Waals surface area contributed by atoms with E-state index in [0.717, 1.165) is 22.5 Å². The van der Waals surface area contributed by atoms with Crippen molar-refractivity contribution in [3.63, 3.8) is 0 Å². The third kappa shape index (κ3) is 5.57. The number of carbonyl (C=O) groups excluding carboxylic acids is 1. The molecule has 1 amide bonds. The summed E-state index contributed by atoms with van der Waals surface area (Å²) in [6.07, 6.45) is 0. The fourth-order valence-corrected chi connectivity index (χ4v) is 3.87. The normalized spacial score (nSPS) is 10.5. The number of rotatable bonds is 8. The second kappa shape index (κ2) is 10.6. The molecule has 8 nitrogen and oxygen atoms in total. The van der Waals surface area contributed by atoms with Gasteiger partial charge in [0.25, 0.3) is 5.69 Å². The molecule has 170 valence electrons. The molecule has 0 saturated carbocycles. The fraction of sp³-hybridized carbons (Fsp3) is 0.0800. The van der Waals surface area contributed by atoms with Crippen LogP contribution >= 0.6 is 11.8 Å². The lowest BCUT2D eigenvalue weighted by Gasteiger charge is -2.11. The molecule has 0 spiro atoms. The molecule has 9 heteroatoms. The van der Waals surface area contributed by atoms with E-state index in [0.29, 0.717) is 10.8 Å². The monoisotopic (exact) mass is 472 g/mol. The number of aromatic nitrogens is 2. The number of ether oxygens (including phenoxy) is 1. The Bertz CT molecular complexity index is 1260. The summed E-state index contributed by atoms with van der Waals surface area (Å²) in [5, 5.41) is 14.2. The third-order valence-electron chi connectivity index (χ3n) is 4.85. The number of nitrogens with zero attached hydrogens (tertiary/aromatic N) is 3. The quantitative estimate of drug-likeness (QED) is 0.157. The molecule has 1 heterocycles. The minimum atomic E-state index is -0.522. The standard InChI is InChI=1S/C25H20N4O4S/c1-33-23-14-19(29(31)32)12-13-20(23)26-24(30)16-34-25-27-21(17-8-4-2-5-9-17)15-22(28-25)18-10-6-3-7-11-18/h2-15H,16H2,1H3,(H,26,30). The number of carbonyl (C=O) groups is 1. The van der Waals surface area contributed by atoms with Crippen molar-refractivity contribution in [3.8, 4) is 28.3 Å². The molecule has 0 bridgehead atoms. The van der Waals surface area contributed by atoms with Gasteiger partial charge in [0.2, 0.25) is 5.91 Å². The number of amides is 1. The predicted molar refractivity (Wildman–Crippen MR) is 132 cm³/mol. The summed E-state index contributed by atoms with van der Waals surface area (Å²) in [5.74, 6) is -0.0551. The summed E-state index contributed by atoms with van der Waals surface area (Å²) in [6.45, 7) is 0. The number of thioether (sulfide) groups is 1. The topological polar surface area (TPSA) is 107 Å². The van der Waals surface area contributed by atoms with Gasteiger partial charge in [-0.15, -0.1) is 0 Å². The Hall–Kier alpha value is -4.24. The van der Waals surface area contributed by atoms with Crippen molar-refractivity contribution >= 4 is 29.0 Å². The van der Waals surface area contributed by atoms with E-state index in [-0.39, 0.29) is 23.1 Å². The Balaban J connectivity index is 1.54. The van der Waals surface area contributed by atoms with Crippen LogP contribution in [0, 0.1) is 10.1 Å². The molecule has 0 saturated heterocycles. The zero-order chi connectivity index (χ0) is 23.9. The predicted octanol–water partition coefficient (Wildman–Crippen LogP) is 5.46. The van der Waals surface area contributed by atoms with Crippen molar-refractivity contribution in [2.45, 2.75) is 5.16 Å². The van der Waals surface area contributed by atoms with Crippen molar-refractivity contribution in [2.75, 3.05) is 18.2 Å². The molecule has 0 fully saturated rings. The maximum atomic E-state index is 12.6. The van der Waals surface area contributed by atoms with Gasteiger partial charge in [-0.05, 0) is 12.1 Å². The second-order valence-corrected chi connectivity index (χ2v) is 8.07. The third-order valence-corrected chi connectivity index (χ3v) is 5.69. The van der Waals surface area contributed by atoms with Crippen LogP contribution in [0.5, 0.6) is 5.75 Å². The van der Waals surface area contributed by atoms with Crippen LogP contribution in [0.2, 0.25) is 0 Å². The Kier molecular flexibility index (Phi) is 7.14. The Morgan fingerprint density at radius 2 is 1.53 bits per heavy atom. The van der Waals surface area contributed by atoms with Crippen LogP contribution in [0.4, 0.5) is 11.4 Å². The molecular formula is C25H20N4O4S. The SMILES string of the molecule is COc1cc([N+](=O)[O-])ccc1NC(=O)CSc1nc(-c2ccccc2)cc(-c2ccccc2)n1. The Morgan fingerprint density at radius 1 is 0.941 bits per heavy atom. The Morgan fingerprint density at radius 3 is 2.06 bits per heavy atom. The maximum absolute atomic E-state index is 12.6. The van der Waals surface area contributed by atoms with E-state index in [4.69, 9.17) is 4.74 Å². The van der Waals surface area contributed by atoms with Gasteiger partial charge in [-0.1, -0.05) is 72.4 Å². The summed E-state index contributed by atoms with van der Waals surface area (Å²) >= 11 is 1.20. The molecule has 3 aromatic carbocycles. The number of nitro groups is 1. The molecule has 34 heavy (non-hydrogen) atoms. The lowest BCUT2D eigenvalue weighted by molar-refractivity contribution is -0.384. The first-order valence-corrected chi connectivity index (χ1v) is 11.3. The first-order valence-electron chi connectivity index (χ1n) is 10.3. The lowest BCUT2D eigenvalue weighted by Crippen LogP contribution is -2.15. The van der Waals surface area contributed by atoms with Crippen LogP contribution in [0.1, 0.15) is 0 Å². The van der Waals surface area contributed by atoms with Gasteiger partial charge in [0, 0.05) is 17.2 Å². The molecule has 0 aliphatic carbocycles. The lowest BCUT2D eigenvalue weighted by atomic mass is 10.1. The molecule has 4 aromatic rings. The largest absolute Gasteiger partial charge is 0.494 e. The van der Waals surface area contributed by atoms with E-state index >= 15 is 0 Å². The van der Waals surface area contributed by atoms with E-state index in [1.54, 1.807) is 0 Å². The summed E-state index contributed by atoms with van der Waals surface area (Å²) in [6, 6.07) is 25.5. The van der Waals surface area contributed by atoms with Gasteiger partial charge < -0.3 is 10.1 Å². The number of hydrogen-bond donors (Lipinski definition) is 1. The molecule has 0 aliphatic heterocycles. The number of hydrogen-bond acceptors (Lipinski definition) is 7. The highest BCUT2D eigenvalue weighted by Crippen LogP contribution is 2.30. The smallest absolute Gasteiger partial charge is 0.273 e. The van der Waals surface area contributed by atoms with Gasteiger partial charge in [0.1, 0.15) is 5.75 Å². The maximum Gasteiger partial charge on any atom is 0.273 e. The Labute approximate surface area is 200 Å². The van der Waals surface area contributed by atoms with Crippen molar-refractivity contribution in [1.82, 2.24) is 9.97 Å². The average molecular weight is 473 g/mol. The first kappa shape index (κ1) is 22.9. The minimum absolute atomic E-state index is 0.0482. The summed E-state index contributed by atoms with van der Waals surface area (Å²) < 4.78 is 5.18. The van der Waals surface area contributed by atoms with Crippen LogP contribution in [0.25, 0.3) is 22.5 Å². The van der Waals surface area contributed by atoms with Crippen LogP contribution in [-0.4, -0.2) is 33.7 Å². The van der Waals surface area contributed by atoms with Crippen molar-refractivity contribution in [3.05, 3.63) is 95.0 Å². The zero-order valence-corrected chi connectivity index (χ0v) is 19.0. The summed E-state index contributed by atoms with van der Waals surface area (Å²) in [7, 11) is 1.39. The average Bonchev–Trinajstić information content (AvgIpc) is 2.88. The van der Waals surface area contributed by atoms with Crippen LogP contribution in [0.15, 0.2) is 90.1 Å². The van der Waals surface area contributed by atoms with Gasteiger partial charge in [0.15, 0.2) is 5.16 Å². The molecule has 0 unspecified atom stereocenters. The molecule has 0 atom stereocenters. The number of nitro benzene ring substituents is 1. The molecule has 0 aliphatic rings. The van der Waals surface area contributed by atoms with Gasteiger partial charge in [-0.25, -0.2) is 9.97 Å².